The zero-order valence-electron chi connectivity index (χ0n) is 11.3. The van der Waals surface area contributed by atoms with E-state index in [0.717, 1.165) is 5.56 Å². The molecular weight excluding hydrogens is 289 g/mol. The molecule has 0 aromatic heterocycles. The first-order chi connectivity index (χ1) is 10.0. The van der Waals surface area contributed by atoms with Crippen LogP contribution in [0, 0.1) is 12.7 Å². The number of halogens is 1. The standard InChI is InChI=1S/C15H14FN3OS/c1-10-2-4-11(5-3-10)14(20)18-19-15(21)17-13-8-6-12(16)7-9-13/h2-9H,1H3,(H,18,20)(H2,17,19,21). The Morgan fingerprint density at radius 2 is 1.62 bits per heavy atom. The Bertz CT molecular complexity index is 641. The summed E-state index contributed by atoms with van der Waals surface area (Å²) in [5.41, 5.74) is 7.29. The lowest BCUT2D eigenvalue weighted by atomic mass is 10.1. The van der Waals surface area contributed by atoms with Crippen molar-refractivity contribution in [1.82, 2.24) is 10.9 Å². The third-order valence-corrected chi connectivity index (χ3v) is 2.91. The Kier molecular flexibility index (Phi) is 4.84. The second kappa shape index (κ2) is 6.81. The summed E-state index contributed by atoms with van der Waals surface area (Å²) in [5, 5.41) is 3.03. The van der Waals surface area contributed by atoms with Gasteiger partial charge in [0.05, 0.1) is 0 Å². The van der Waals surface area contributed by atoms with Crippen LogP contribution in [0.2, 0.25) is 0 Å². The number of amides is 1. The molecule has 2 rings (SSSR count). The van der Waals surface area contributed by atoms with Crippen LogP contribution in [0.3, 0.4) is 0 Å². The predicted molar refractivity (Wildman–Crippen MR) is 84.4 cm³/mol. The maximum absolute atomic E-state index is 12.8. The van der Waals surface area contributed by atoms with Gasteiger partial charge in [0, 0.05) is 11.3 Å². The fourth-order valence-electron chi connectivity index (χ4n) is 1.59. The van der Waals surface area contributed by atoms with Crippen molar-refractivity contribution < 1.29 is 9.18 Å². The summed E-state index contributed by atoms with van der Waals surface area (Å²) in [5.74, 6) is -0.620. The van der Waals surface area contributed by atoms with Crippen LogP contribution in [-0.2, 0) is 0 Å². The zero-order chi connectivity index (χ0) is 15.2. The number of hydrogen-bond acceptors (Lipinski definition) is 2. The number of rotatable bonds is 2. The molecule has 0 atom stereocenters. The maximum Gasteiger partial charge on any atom is 0.269 e. The van der Waals surface area contributed by atoms with Crippen molar-refractivity contribution in [3.8, 4) is 0 Å². The van der Waals surface area contributed by atoms with E-state index in [-0.39, 0.29) is 16.8 Å². The van der Waals surface area contributed by atoms with Crippen molar-refractivity contribution >= 4 is 28.9 Å². The van der Waals surface area contributed by atoms with E-state index in [0.29, 0.717) is 11.3 Å². The van der Waals surface area contributed by atoms with Crippen LogP contribution < -0.4 is 16.2 Å². The first-order valence-electron chi connectivity index (χ1n) is 6.24. The van der Waals surface area contributed by atoms with Crippen LogP contribution >= 0.6 is 12.2 Å². The quantitative estimate of drug-likeness (QED) is 0.590. The number of hydrogen-bond donors (Lipinski definition) is 3. The highest BCUT2D eigenvalue weighted by molar-refractivity contribution is 7.80. The number of hydrazine groups is 1. The smallest absolute Gasteiger partial charge is 0.269 e. The average molecular weight is 303 g/mol. The van der Waals surface area contributed by atoms with Gasteiger partial charge in [0.2, 0.25) is 0 Å². The van der Waals surface area contributed by atoms with Gasteiger partial charge in [0.1, 0.15) is 5.82 Å². The molecule has 0 aliphatic rings. The van der Waals surface area contributed by atoms with Gasteiger partial charge in [-0.05, 0) is 55.5 Å². The van der Waals surface area contributed by atoms with Crippen molar-refractivity contribution in [1.29, 1.82) is 0 Å². The molecule has 0 radical (unpaired) electrons. The van der Waals surface area contributed by atoms with Gasteiger partial charge in [-0.2, -0.15) is 0 Å². The summed E-state index contributed by atoms with van der Waals surface area (Å²) >= 11 is 5.03. The summed E-state index contributed by atoms with van der Waals surface area (Å²) in [6, 6.07) is 12.9. The Morgan fingerprint density at radius 3 is 2.24 bits per heavy atom. The van der Waals surface area contributed by atoms with Crippen LogP contribution in [0.1, 0.15) is 15.9 Å². The topological polar surface area (TPSA) is 53.2 Å². The highest BCUT2D eigenvalue weighted by Crippen LogP contribution is 2.07. The molecule has 0 spiro atoms. The van der Waals surface area contributed by atoms with Crippen LogP contribution in [-0.4, -0.2) is 11.0 Å². The minimum absolute atomic E-state index is 0.210. The molecule has 0 heterocycles. The van der Waals surface area contributed by atoms with Crippen LogP contribution in [0.5, 0.6) is 0 Å². The van der Waals surface area contributed by atoms with E-state index >= 15 is 0 Å². The molecule has 0 bridgehead atoms. The Labute approximate surface area is 127 Å². The number of nitrogens with one attached hydrogen (secondary N) is 3. The molecule has 0 saturated heterocycles. The largest absolute Gasteiger partial charge is 0.331 e. The first-order valence-corrected chi connectivity index (χ1v) is 6.65. The number of carbonyl (C=O) groups excluding carboxylic acids is 1. The van der Waals surface area contributed by atoms with E-state index in [9.17, 15) is 9.18 Å². The molecule has 4 nitrogen and oxygen atoms in total. The zero-order valence-corrected chi connectivity index (χ0v) is 12.1. The molecule has 0 aliphatic heterocycles. The highest BCUT2D eigenvalue weighted by Gasteiger charge is 2.05. The van der Waals surface area contributed by atoms with Gasteiger partial charge in [0.15, 0.2) is 5.11 Å². The van der Waals surface area contributed by atoms with Gasteiger partial charge in [-0.25, -0.2) is 4.39 Å². The van der Waals surface area contributed by atoms with Crippen molar-refractivity contribution in [2.24, 2.45) is 0 Å². The van der Waals surface area contributed by atoms with E-state index in [1.165, 1.54) is 12.1 Å². The normalized spacial score (nSPS) is 9.81. The summed E-state index contributed by atoms with van der Waals surface area (Å²) < 4.78 is 12.8. The number of anilines is 1. The van der Waals surface area contributed by atoms with Crippen LogP contribution in [0.4, 0.5) is 10.1 Å². The van der Waals surface area contributed by atoms with Crippen molar-refractivity contribution in [3.05, 3.63) is 65.5 Å². The molecule has 6 heteroatoms. The molecule has 21 heavy (non-hydrogen) atoms. The highest BCUT2D eigenvalue weighted by atomic mass is 32.1. The summed E-state index contributed by atoms with van der Waals surface area (Å²) in [4.78, 5) is 11.8. The maximum atomic E-state index is 12.8. The van der Waals surface area contributed by atoms with E-state index in [2.05, 4.69) is 16.2 Å². The second-order valence-corrected chi connectivity index (χ2v) is 4.81. The van der Waals surface area contributed by atoms with Crippen molar-refractivity contribution in [3.63, 3.8) is 0 Å². The molecule has 2 aromatic rings. The van der Waals surface area contributed by atoms with Crippen molar-refractivity contribution in [2.75, 3.05) is 5.32 Å². The van der Waals surface area contributed by atoms with Crippen LogP contribution in [0.15, 0.2) is 48.5 Å². The second-order valence-electron chi connectivity index (χ2n) is 4.41. The van der Waals surface area contributed by atoms with E-state index in [1.54, 1.807) is 24.3 Å². The molecule has 1 amide bonds. The number of benzene rings is 2. The molecule has 0 unspecified atom stereocenters. The van der Waals surface area contributed by atoms with Gasteiger partial charge in [-0.3, -0.25) is 15.6 Å². The summed E-state index contributed by atoms with van der Waals surface area (Å²) in [6.45, 7) is 1.95. The SMILES string of the molecule is Cc1ccc(C(=O)NNC(=S)Nc2ccc(F)cc2)cc1. The van der Waals surface area contributed by atoms with E-state index < -0.39 is 0 Å². The van der Waals surface area contributed by atoms with Gasteiger partial charge >= 0.3 is 0 Å². The third-order valence-electron chi connectivity index (χ3n) is 2.71. The molecule has 2 aromatic carbocycles. The lowest BCUT2D eigenvalue weighted by molar-refractivity contribution is 0.0944. The lowest BCUT2D eigenvalue weighted by Crippen LogP contribution is -2.43. The molecular formula is C15H14FN3OS. The van der Waals surface area contributed by atoms with Crippen LogP contribution in [0.25, 0.3) is 0 Å². The molecule has 0 saturated carbocycles. The minimum Gasteiger partial charge on any atom is -0.331 e. The van der Waals surface area contributed by atoms with E-state index in [1.807, 2.05) is 19.1 Å². The summed E-state index contributed by atoms with van der Waals surface area (Å²) in [6.07, 6.45) is 0. The molecule has 3 N–H and O–H groups in total. The molecule has 0 aliphatic carbocycles. The van der Waals surface area contributed by atoms with Crippen molar-refractivity contribution in [2.45, 2.75) is 6.92 Å². The average Bonchev–Trinajstić information content (AvgIpc) is 2.48. The Balaban J connectivity index is 1.84. The fraction of sp³-hybridized carbons (Fsp3) is 0.0667. The van der Waals surface area contributed by atoms with Gasteiger partial charge in [-0.15, -0.1) is 0 Å². The Morgan fingerprint density at radius 1 is 1.00 bits per heavy atom. The minimum atomic E-state index is -0.327. The fourth-order valence-corrected chi connectivity index (χ4v) is 1.76. The number of aryl methyl sites for hydroxylation is 1. The first kappa shape index (κ1) is 14.9. The number of thiocarbonyl (C=S) groups is 1. The summed E-state index contributed by atoms with van der Waals surface area (Å²) in [7, 11) is 0. The molecule has 0 fully saturated rings. The number of carbonyl (C=O) groups is 1. The molecule has 108 valence electrons. The Hall–Kier alpha value is -2.47. The van der Waals surface area contributed by atoms with Gasteiger partial charge < -0.3 is 5.32 Å². The monoisotopic (exact) mass is 303 g/mol. The third kappa shape index (κ3) is 4.54. The van der Waals surface area contributed by atoms with Gasteiger partial charge in [-0.1, -0.05) is 17.7 Å². The van der Waals surface area contributed by atoms with E-state index in [4.69, 9.17) is 12.2 Å². The predicted octanol–water partition coefficient (Wildman–Crippen LogP) is 2.77. The lowest BCUT2D eigenvalue weighted by Gasteiger charge is -2.11. The van der Waals surface area contributed by atoms with Gasteiger partial charge in [0.25, 0.3) is 5.91 Å².